The smallest absolute Gasteiger partial charge is 0.243 e. The van der Waals surface area contributed by atoms with Crippen LogP contribution in [0.15, 0.2) is 41.3 Å². The molecule has 0 unspecified atom stereocenters. The Bertz CT molecular complexity index is 994. The Morgan fingerprint density at radius 2 is 1.71 bits per heavy atom. The molecule has 6 nitrogen and oxygen atoms in total. The molecule has 0 amide bonds. The van der Waals surface area contributed by atoms with Crippen LogP contribution in [0.25, 0.3) is 0 Å². The minimum Gasteiger partial charge on any atom is -0.506 e. The molecule has 3 N–H and O–H groups in total. The van der Waals surface area contributed by atoms with Crippen molar-refractivity contribution in [1.82, 2.24) is 4.31 Å². The van der Waals surface area contributed by atoms with Gasteiger partial charge < -0.3 is 15.7 Å². The van der Waals surface area contributed by atoms with Crippen LogP contribution in [0, 0.1) is 0 Å². The number of benzene rings is 2. The van der Waals surface area contributed by atoms with Gasteiger partial charge in [0.05, 0.1) is 20.6 Å². The summed E-state index contributed by atoms with van der Waals surface area (Å²) in [5.74, 6) is -0.115. The summed E-state index contributed by atoms with van der Waals surface area (Å²) in [6, 6.07) is 9.02. The number of hydrogen-bond acceptors (Lipinski definition) is 4. The Morgan fingerprint density at radius 1 is 1.00 bits per heavy atom. The zero-order chi connectivity index (χ0) is 20.3. The number of phenolic OH excluding ortho intramolecular Hbond substituents is 1. The largest absolute Gasteiger partial charge is 0.506 e. The Balaban J connectivity index is 1.77. The maximum atomic E-state index is 12.8. The molecule has 10 heteroatoms. The number of hydrogen-bond donors (Lipinski definition) is 3. The van der Waals surface area contributed by atoms with Crippen LogP contribution in [-0.4, -0.2) is 36.0 Å². The lowest BCUT2D eigenvalue weighted by Gasteiger charge is -2.26. The number of rotatable bonds is 4. The quantitative estimate of drug-likeness (QED) is 0.454. The van der Waals surface area contributed by atoms with E-state index in [0.717, 1.165) is 19.3 Å². The van der Waals surface area contributed by atoms with Crippen molar-refractivity contribution in [2.24, 2.45) is 0 Å². The second-order valence-electron chi connectivity index (χ2n) is 6.35. The summed E-state index contributed by atoms with van der Waals surface area (Å²) in [6.45, 7) is 1.01. The molecule has 0 spiro atoms. The average Bonchev–Trinajstić information content (AvgIpc) is 2.67. The van der Waals surface area contributed by atoms with E-state index in [2.05, 4.69) is 10.6 Å². The lowest BCUT2D eigenvalue weighted by Crippen LogP contribution is -2.35. The molecule has 2 aromatic rings. The topological polar surface area (TPSA) is 81.7 Å². The predicted octanol–water partition coefficient (Wildman–Crippen LogP) is 4.68. The normalized spacial score (nSPS) is 15.2. The number of aromatic hydroxyl groups is 1. The van der Waals surface area contributed by atoms with E-state index in [0.29, 0.717) is 28.8 Å². The SMILES string of the molecule is O=S(=O)(c1ccc(O)c(NC(=S)Nc2ccc(Cl)c(Cl)c2)c1)N1CCCCC1. The molecule has 1 heterocycles. The Hall–Kier alpha value is -1.58. The summed E-state index contributed by atoms with van der Waals surface area (Å²) in [6.07, 6.45) is 2.73. The molecule has 1 aliphatic rings. The van der Waals surface area contributed by atoms with Crippen LogP contribution in [0.4, 0.5) is 11.4 Å². The van der Waals surface area contributed by atoms with Gasteiger partial charge >= 0.3 is 0 Å². The second kappa shape index (κ2) is 8.84. The van der Waals surface area contributed by atoms with Crippen molar-refractivity contribution >= 4 is 61.9 Å². The first-order chi connectivity index (χ1) is 13.3. The third-order valence-electron chi connectivity index (χ3n) is 4.35. The summed E-state index contributed by atoms with van der Waals surface area (Å²) in [5.41, 5.74) is 0.791. The zero-order valence-corrected chi connectivity index (χ0v) is 17.9. The van der Waals surface area contributed by atoms with Gasteiger partial charge in [0.1, 0.15) is 5.75 Å². The summed E-state index contributed by atoms with van der Waals surface area (Å²) < 4.78 is 27.1. The molecule has 1 aliphatic heterocycles. The van der Waals surface area contributed by atoms with Gasteiger partial charge in [-0.1, -0.05) is 29.6 Å². The van der Waals surface area contributed by atoms with Crippen LogP contribution in [-0.2, 0) is 10.0 Å². The van der Waals surface area contributed by atoms with Gasteiger partial charge in [-0.3, -0.25) is 0 Å². The maximum Gasteiger partial charge on any atom is 0.243 e. The molecule has 0 atom stereocenters. The maximum absolute atomic E-state index is 12.8. The number of anilines is 2. The van der Waals surface area contributed by atoms with E-state index in [9.17, 15) is 13.5 Å². The van der Waals surface area contributed by atoms with Gasteiger partial charge in [-0.15, -0.1) is 0 Å². The molecule has 2 aromatic carbocycles. The first-order valence-electron chi connectivity index (χ1n) is 8.63. The van der Waals surface area contributed by atoms with Crippen molar-refractivity contribution in [2.45, 2.75) is 24.2 Å². The lowest BCUT2D eigenvalue weighted by atomic mass is 10.2. The van der Waals surface area contributed by atoms with Gasteiger partial charge in [0, 0.05) is 18.8 Å². The van der Waals surface area contributed by atoms with Crippen LogP contribution in [0.3, 0.4) is 0 Å². The molecule has 28 heavy (non-hydrogen) atoms. The molecule has 0 aliphatic carbocycles. The van der Waals surface area contributed by atoms with Crippen LogP contribution in [0.2, 0.25) is 10.0 Å². The van der Waals surface area contributed by atoms with Gasteiger partial charge in [-0.05, 0) is 61.5 Å². The van der Waals surface area contributed by atoms with Crippen molar-refractivity contribution < 1.29 is 13.5 Å². The van der Waals surface area contributed by atoms with Gasteiger partial charge in [-0.2, -0.15) is 4.31 Å². The van der Waals surface area contributed by atoms with Crippen molar-refractivity contribution in [2.75, 3.05) is 23.7 Å². The summed E-state index contributed by atoms with van der Waals surface area (Å²) >= 11 is 17.1. The minimum atomic E-state index is -3.62. The molecule has 0 aromatic heterocycles. The van der Waals surface area contributed by atoms with Crippen LogP contribution in [0.1, 0.15) is 19.3 Å². The van der Waals surface area contributed by atoms with Gasteiger partial charge in [0.15, 0.2) is 5.11 Å². The van der Waals surface area contributed by atoms with E-state index >= 15 is 0 Å². The average molecular weight is 460 g/mol. The van der Waals surface area contributed by atoms with Crippen molar-refractivity contribution in [3.05, 3.63) is 46.4 Å². The highest BCUT2D eigenvalue weighted by atomic mass is 35.5. The molecule has 0 radical (unpaired) electrons. The number of nitrogens with zero attached hydrogens (tertiary/aromatic N) is 1. The molecule has 150 valence electrons. The highest BCUT2D eigenvalue weighted by molar-refractivity contribution is 7.89. The van der Waals surface area contributed by atoms with E-state index in [-0.39, 0.29) is 21.4 Å². The minimum absolute atomic E-state index is 0.104. The van der Waals surface area contributed by atoms with Crippen molar-refractivity contribution in [3.8, 4) is 5.75 Å². The Kier molecular flexibility index (Phi) is 6.67. The van der Waals surface area contributed by atoms with E-state index < -0.39 is 10.0 Å². The Labute approximate surface area is 179 Å². The number of thiocarbonyl (C=S) groups is 1. The molecule has 1 saturated heterocycles. The van der Waals surface area contributed by atoms with E-state index in [1.165, 1.54) is 22.5 Å². The molecule has 3 rings (SSSR count). The monoisotopic (exact) mass is 459 g/mol. The summed E-state index contributed by atoms with van der Waals surface area (Å²) in [7, 11) is -3.62. The number of nitrogens with one attached hydrogen (secondary N) is 2. The van der Waals surface area contributed by atoms with Gasteiger partial charge in [0.2, 0.25) is 10.0 Å². The molecule has 1 fully saturated rings. The van der Waals surface area contributed by atoms with Crippen LogP contribution < -0.4 is 10.6 Å². The van der Waals surface area contributed by atoms with Gasteiger partial charge in [0.25, 0.3) is 0 Å². The fourth-order valence-electron chi connectivity index (χ4n) is 2.89. The number of halogens is 2. The highest BCUT2D eigenvalue weighted by Crippen LogP contribution is 2.30. The van der Waals surface area contributed by atoms with Crippen molar-refractivity contribution in [1.29, 1.82) is 0 Å². The van der Waals surface area contributed by atoms with Crippen LogP contribution in [0.5, 0.6) is 5.75 Å². The summed E-state index contributed by atoms with van der Waals surface area (Å²) in [5, 5.41) is 16.8. The lowest BCUT2D eigenvalue weighted by molar-refractivity contribution is 0.346. The summed E-state index contributed by atoms with van der Waals surface area (Å²) in [4.78, 5) is 0.104. The number of sulfonamides is 1. The fraction of sp³-hybridized carbons (Fsp3) is 0.278. The standard InChI is InChI=1S/C18H19Cl2N3O3S2/c19-14-6-4-12(10-15(14)20)21-18(27)22-16-11-13(5-7-17(16)24)28(25,26)23-8-2-1-3-9-23/h4-7,10-11,24H,1-3,8-9H2,(H2,21,22,27). The molecular formula is C18H19Cl2N3O3S2. The number of piperidine rings is 1. The first kappa shape index (κ1) is 21.1. The third-order valence-corrected chi connectivity index (χ3v) is 7.18. The van der Waals surface area contributed by atoms with Crippen molar-refractivity contribution in [3.63, 3.8) is 0 Å². The van der Waals surface area contributed by atoms with Gasteiger partial charge in [-0.25, -0.2) is 8.42 Å². The van der Waals surface area contributed by atoms with E-state index in [4.69, 9.17) is 35.4 Å². The van der Waals surface area contributed by atoms with Crippen LogP contribution >= 0.6 is 35.4 Å². The predicted molar refractivity (Wildman–Crippen MR) is 117 cm³/mol. The molecule has 0 bridgehead atoms. The Morgan fingerprint density at radius 3 is 2.39 bits per heavy atom. The molecule has 0 saturated carbocycles. The molecular weight excluding hydrogens is 441 g/mol. The number of phenols is 1. The van der Waals surface area contributed by atoms with E-state index in [1.807, 2.05) is 0 Å². The highest BCUT2D eigenvalue weighted by Gasteiger charge is 2.26. The first-order valence-corrected chi connectivity index (χ1v) is 11.2. The fourth-order valence-corrected chi connectivity index (χ4v) is 4.96. The van der Waals surface area contributed by atoms with E-state index in [1.54, 1.807) is 18.2 Å². The zero-order valence-electron chi connectivity index (χ0n) is 14.8. The second-order valence-corrected chi connectivity index (χ2v) is 9.51. The third kappa shape index (κ3) is 4.87.